The molecule has 1 unspecified atom stereocenters. The van der Waals surface area contributed by atoms with E-state index in [0.717, 1.165) is 5.56 Å². The van der Waals surface area contributed by atoms with Gasteiger partial charge >= 0.3 is 0 Å². The SMILES string of the molecule is CCN(CC)S(=O)(=O)c1cccc(NC(=O)C(c2ccc(Cl)cc2)C(C)C)c1. The summed E-state index contributed by atoms with van der Waals surface area (Å²) >= 11 is 5.95. The summed E-state index contributed by atoms with van der Waals surface area (Å²) in [5.74, 6) is -0.501. The maximum absolute atomic E-state index is 12.9. The van der Waals surface area contributed by atoms with Gasteiger partial charge in [0, 0.05) is 23.8 Å². The van der Waals surface area contributed by atoms with E-state index in [1.165, 1.54) is 10.4 Å². The lowest BCUT2D eigenvalue weighted by Crippen LogP contribution is -2.30. The van der Waals surface area contributed by atoms with Gasteiger partial charge in [-0.05, 0) is 41.8 Å². The second-order valence-corrected chi connectivity index (χ2v) is 9.25. The number of benzene rings is 2. The van der Waals surface area contributed by atoms with Crippen molar-refractivity contribution in [3.05, 3.63) is 59.1 Å². The van der Waals surface area contributed by atoms with E-state index in [4.69, 9.17) is 11.6 Å². The van der Waals surface area contributed by atoms with Crippen LogP contribution in [0.5, 0.6) is 0 Å². The van der Waals surface area contributed by atoms with E-state index >= 15 is 0 Å². The zero-order valence-corrected chi connectivity index (χ0v) is 18.2. The lowest BCUT2D eigenvalue weighted by molar-refractivity contribution is -0.118. The Morgan fingerprint density at radius 2 is 1.68 bits per heavy atom. The van der Waals surface area contributed by atoms with Crippen LogP contribution in [0.25, 0.3) is 0 Å². The fourth-order valence-corrected chi connectivity index (χ4v) is 4.81. The third kappa shape index (κ3) is 5.13. The van der Waals surface area contributed by atoms with Crippen molar-refractivity contribution in [2.45, 2.75) is 38.5 Å². The topological polar surface area (TPSA) is 66.5 Å². The molecule has 1 atom stereocenters. The molecular weight excluding hydrogens is 396 g/mol. The van der Waals surface area contributed by atoms with Gasteiger partial charge in [0.05, 0.1) is 10.8 Å². The average Bonchev–Trinajstić information content (AvgIpc) is 2.64. The minimum absolute atomic E-state index is 0.0590. The Morgan fingerprint density at radius 3 is 2.21 bits per heavy atom. The summed E-state index contributed by atoms with van der Waals surface area (Å²) in [6.07, 6.45) is 0. The molecule has 0 saturated carbocycles. The number of anilines is 1. The van der Waals surface area contributed by atoms with Gasteiger partial charge in [0.25, 0.3) is 0 Å². The van der Waals surface area contributed by atoms with E-state index < -0.39 is 10.0 Å². The summed E-state index contributed by atoms with van der Waals surface area (Å²) in [4.78, 5) is 13.1. The van der Waals surface area contributed by atoms with Crippen molar-refractivity contribution in [1.82, 2.24) is 4.31 Å². The quantitative estimate of drug-likeness (QED) is 0.667. The molecule has 0 saturated heterocycles. The molecule has 0 spiro atoms. The van der Waals surface area contributed by atoms with Crippen molar-refractivity contribution in [1.29, 1.82) is 0 Å². The van der Waals surface area contributed by atoms with Crippen molar-refractivity contribution in [3.63, 3.8) is 0 Å². The summed E-state index contributed by atoms with van der Waals surface area (Å²) in [5.41, 5.74) is 1.32. The Hall–Kier alpha value is -1.89. The van der Waals surface area contributed by atoms with E-state index in [1.807, 2.05) is 26.0 Å². The largest absolute Gasteiger partial charge is 0.326 e. The fourth-order valence-electron chi connectivity index (χ4n) is 3.18. The number of nitrogens with zero attached hydrogens (tertiary/aromatic N) is 1. The van der Waals surface area contributed by atoms with Crippen LogP contribution in [0.3, 0.4) is 0 Å². The van der Waals surface area contributed by atoms with Crippen LogP contribution in [0.4, 0.5) is 5.69 Å². The average molecular weight is 423 g/mol. The number of rotatable bonds is 8. The normalized spacial score (nSPS) is 13.0. The highest BCUT2D eigenvalue weighted by Gasteiger charge is 2.25. The lowest BCUT2D eigenvalue weighted by Gasteiger charge is -2.22. The number of nitrogens with one attached hydrogen (secondary N) is 1. The van der Waals surface area contributed by atoms with Crippen molar-refractivity contribution in [3.8, 4) is 0 Å². The van der Waals surface area contributed by atoms with Crippen LogP contribution in [0.2, 0.25) is 5.02 Å². The fraction of sp³-hybridized carbons (Fsp3) is 0.381. The Labute approximate surface area is 172 Å². The first-order valence-electron chi connectivity index (χ1n) is 9.37. The molecule has 7 heteroatoms. The zero-order valence-electron chi connectivity index (χ0n) is 16.6. The van der Waals surface area contributed by atoms with Gasteiger partial charge in [0.15, 0.2) is 0 Å². The summed E-state index contributed by atoms with van der Waals surface area (Å²) in [5, 5.41) is 3.48. The van der Waals surface area contributed by atoms with Crippen LogP contribution in [0.1, 0.15) is 39.2 Å². The number of hydrogen-bond acceptors (Lipinski definition) is 3. The van der Waals surface area contributed by atoms with Crippen molar-refractivity contribution < 1.29 is 13.2 Å². The number of amides is 1. The summed E-state index contributed by atoms with van der Waals surface area (Å²) in [6.45, 7) is 8.32. The molecule has 2 aromatic rings. The number of carbonyl (C=O) groups is 1. The summed E-state index contributed by atoms with van der Waals surface area (Å²) in [6, 6.07) is 13.6. The van der Waals surface area contributed by atoms with Crippen molar-refractivity contribution >= 4 is 33.2 Å². The van der Waals surface area contributed by atoms with E-state index in [0.29, 0.717) is 23.8 Å². The molecule has 1 N–H and O–H groups in total. The van der Waals surface area contributed by atoms with Crippen LogP contribution < -0.4 is 5.32 Å². The van der Waals surface area contributed by atoms with Crippen LogP contribution in [-0.4, -0.2) is 31.7 Å². The summed E-state index contributed by atoms with van der Waals surface area (Å²) < 4.78 is 26.8. The third-order valence-corrected chi connectivity index (χ3v) is 6.92. The van der Waals surface area contributed by atoms with E-state index in [2.05, 4.69) is 5.32 Å². The van der Waals surface area contributed by atoms with Gasteiger partial charge in [0.1, 0.15) is 0 Å². The standard InChI is InChI=1S/C21H27ClN2O3S/c1-5-24(6-2)28(26,27)19-9-7-8-18(14-19)23-21(25)20(15(3)4)16-10-12-17(22)13-11-16/h7-15,20H,5-6H2,1-4H3,(H,23,25). The van der Waals surface area contributed by atoms with Gasteiger partial charge in [-0.25, -0.2) is 8.42 Å². The maximum atomic E-state index is 12.9. The van der Waals surface area contributed by atoms with Gasteiger partial charge in [-0.3, -0.25) is 4.79 Å². The first-order valence-corrected chi connectivity index (χ1v) is 11.2. The Balaban J connectivity index is 2.29. The zero-order chi connectivity index (χ0) is 20.9. The number of halogens is 1. The van der Waals surface area contributed by atoms with Gasteiger partial charge in [-0.2, -0.15) is 4.31 Å². The Bertz CT molecular complexity index is 908. The Morgan fingerprint density at radius 1 is 1.07 bits per heavy atom. The van der Waals surface area contributed by atoms with Crippen LogP contribution >= 0.6 is 11.6 Å². The van der Waals surface area contributed by atoms with Crippen LogP contribution in [0.15, 0.2) is 53.4 Å². The molecular formula is C21H27ClN2O3S. The van der Waals surface area contributed by atoms with Crippen LogP contribution in [-0.2, 0) is 14.8 Å². The van der Waals surface area contributed by atoms with E-state index in [-0.39, 0.29) is 22.6 Å². The van der Waals surface area contributed by atoms with E-state index in [1.54, 1.807) is 44.2 Å². The van der Waals surface area contributed by atoms with Gasteiger partial charge in [-0.1, -0.05) is 57.5 Å². The highest BCUT2D eigenvalue weighted by atomic mass is 35.5. The minimum atomic E-state index is -3.59. The van der Waals surface area contributed by atoms with E-state index in [9.17, 15) is 13.2 Å². The summed E-state index contributed by atoms with van der Waals surface area (Å²) in [7, 11) is -3.59. The molecule has 0 aromatic heterocycles. The highest BCUT2D eigenvalue weighted by molar-refractivity contribution is 7.89. The number of sulfonamides is 1. The smallest absolute Gasteiger partial charge is 0.243 e. The number of carbonyl (C=O) groups excluding carboxylic acids is 1. The minimum Gasteiger partial charge on any atom is -0.326 e. The van der Waals surface area contributed by atoms with Gasteiger partial charge in [0.2, 0.25) is 15.9 Å². The first-order chi connectivity index (χ1) is 13.2. The van der Waals surface area contributed by atoms with Gasteiger partial charge < -0.3 is 5.32 Å². The monoisotopic (exact) mass is 422 g/mol. The first kappa shape index (κ1) is 22.4. The Kier molecular flexibility index (Phi) is 7.63. The molecule has 0 fully saturated rings. The molecule has 1 amide bonds. The molecule has 2 rings (SSSR count). The number of hydrogen-bond donors (Lipinski definition) is 1. The molecule has 0 radical (unpaired) electrons. The lowest BCUT2D eigenvalue weighted by atomic mass is 9.87. The maximum Gasteiger partial charge on any atom is 0.243 e. The predicted octanol–water partition coefficient (Wildman–Crippen LogP) is 4.75. The van der Waals surface area contributed by atoms with Gasteiger partial charge in [-0.15, -0.1) is 0 Å². The molecule has 28 heavy (non-hydrogen) atoms. The second-order valence-electron chi connectivity index (χ2n) is 6.88. The van der Waals surface area contributed by atoms with Crippen molar-refractivity contribution in [2.75, 3.05) is 18.4 Å². The van der Waals surface area contributed by atoms with Crippen molar-refractivity contribution in [2.24, 2.45) is 5.92 Å². The molecule has 5 nitrogen and oxygen atoms in total. The van der Waals surface area contributed by atoms with Crippen LogP contribution in [0, 0.1) is 5.92 Å². The predicted molar refractivity (Wildman–Crippen MR) is 114 cm³/mol. The second kappa shape index (κ2) is 9.54. The molecule has 0 heterocycles. The molecule has 152 valence electrons. The molecule has 2 aromatic carbocycles. The molecule has 0 aliphatic rings. The third-order valence-electron chi connectivity index (χ3n) is 4.62. The highest BCUT2D eigenvalue weighted by Crippen LogP contribution is 2.28. The molecule has 0 aliphatic carbocycles. The molecule has 0 aliphatic heterocycles. The molecule has 0 bridgehead atoms.